The lowest BCUT2D eigenvalue weighted by atomic mass is 9.94. The number of methoxy groups -OCH3 is 1. The number of carboxylic acids is 1. The van der Waals surface area contributed by atoms with Crippen LogP contribution in [0.4, 0.5) is 5.95 Å². The number of fused-ring (bicyclic) bond motifs is 1. The van der Waals surface area contributed by atoms with Gasteiger partial charge in [-0.1, -0.05) is 18.2 Å². The van der Waals surface area contributed by atoms with Gasteiger partial charge in [0.25, 0.3) is 0 Å². The number of carboxylic acid groups (broad SMARTS) is 1. The van der Waals surface area contributed by atoms with E-state index in [1.165, 1.54) is 11.1 Å². The number of anilines is 1. The van der Waals surface area contributed by atoms with E-state index in [2.05, 4.69) is 22.0 Å². The topological polar surface area (TPSA) is 106 Å². The van der Waals surface area contributed by atoms with Crippen molar-refractivity contribution in [1.82, 2.24) is 14.9 Å². The maximum Gasteiger partial charge on any atom is 0.309 e. The fourth-order valence-electron chi connectivity index (χ4n) is 6.96. The van der Waals surface area contributed by atoms with Crippen LogP contribution in [0.25, 0.3) is 11.3 Å². The van der Waals surface area contributed by atoms with Crippen LogP contribution in [-0.2, 0) is 33.8 Å². The zero-order valence-electron chi connectivity index (χ0n) is 26.5. The lowest BCUT2D eigenvalue weighted by Crippen LogP contribution is -2.48. The molecule has 10 nitrogen and oxygen atoms in total. The first kappa shape index (κ1) is 31.3. The van der Waals surface area contributed by atoms with Crippen LogP contribution < -0.4 is 14.4 Å². The third-order valence-corrected chi connectivity index (χ3v) is 9.37. The van der Waals surface area contributed by atoms with Gasteiger partial charge >= 0.3 is 5.97 Å². The maximum atomic E-state index is 11.8. The number of aromatic nitrogens is 2. The predicted octanol–water partition coefficient (Wildman–Crippen LogP) is 4.89. The van der Waals surface area contributed by atoms with Crippen LogP contribution in [-0.4, -0.2) is 84.7 Å². The van der Waals surface area contributed by atoms with Crippen molar-refractivity contribution < 1.29 is 28.8 Å². The second kappa shape index (κ2) is 14.1. The summed E-state index contributed by atoms with van der Waals surface area (Å²) in [6.07, 6.45) is 4.99. The largest absolute Gasteiger partial charge is 0.496 e. The third-order valence-electron chi connectivity index (χ3n) is 9.37. The Hall–Kier alpha value is -3.73. The lowest BCUT2D eigenvalue weighted by molar-refractivity contribution is -0.148. The number of nitrogens with zero attached hydrogens (tertiary/aromatic N) is 4. The molecule has 4 heterocycles. The van der Waals surface area contributed by atoms with Crippen LogP contribution >= 0.6 is 0 Å². The second-order valence-corrected chi connectivity index (χ2v) is 12.2. The third kappa shape index (κ3) is 6.93. The molecule has 0 bridgehead atoms. The highest BCUT2D eigenvalue weighted by Crippen LogP contribution is 2.36. The molecule has 0 aliphatic carbocycles. The van der Waals surface area contributed by atoms with Gasteiger partial charge in [-0.05, 0) is 74.4 Å². The van der Waals surface area contributed by atoms with Crippen molar-refractivity contribution in [3.8, 4) is 22.8 Å². The number of rotatable bonds is 10. The van der Waals surface area contributed by atoms with Gasteiger partial charge in [-0.15, -0.1) is 0 Å². The van der Waals surface area contributed by atoms with E-state index in [9.17, 15) is 9.90 Å². The molecule has 10 heteroatoms. The molecule has 1 N–H and O–H groups in total. The summed E-state index contributed by atoms with van der Waals surface area (Å²) in [4.78, 5) is 25.8. The Bertz CT molecular complexity index is 1480. The zero-order chi connectivity index (χ0) is 31.3. The Morgan fingerprint density at radius 2 is 1.98 bits per heavy atom. The highest BCUT2D eigenvalue weighted by Gasteiger charge is 2.36. The number of hydrogen-bond donors (Lipinski definition) is 1. The van der Waals surface area contributed by atoms with Gasteiger partial charge in [0, 0.05) is 69.4 Å². The summed E-state index contributed by atoms with van der Waals surface area (Å²) in [5.74, 6) is 0.904. The Morgan fingerprint density at radius 3 is 2.76 bits per heavy atom. The van der Waals surface area contributed by atoms with Gasteiger partial charge < -0.3 is 29.0 Å². The van der Waals surface area contributed by atoms with Gasteiger partial charge in [0.1, 0.15) is 18.1 Å². The molecule has 0 radical (unpaired) electrons. The predicted molar refractivity (Wildman–Crippen MR) is 171 cm³/mol. The summed E-state index contributed by atoms with van der Waals surface area (Å²) < 4.78 is 23.8. The molecule has 3 aliphatic rings. The number of carbonyl (C=O) groups is 1. The van der Waals surface area contributed by atoms with Crippen LogP contribution in [0.3, 0.4) is 0 Å². The van der Waals surface area contributed by atoms with E-state index < -0.39 is 18.0 Å². The quantitative estimate of drug-likeness (QED) is 0.338. The number of benzene rings is 2. The van der Waals surface area contributed by atoms with Gasteiger partial charge in [-0.25, -0.2) is 9.97 Å². The highest BCUT2D eigenvalue weighted by atomic mass is 16.5. The van der Waals surface area contributed by atoms with Crippen LogP contribution in [0.1, 0.15) is 48.4 Å². The van der Waals surface area contributed by atoms with Crippen LogP contribution in [0.15, 0.2) is 42.6 Å². The van der Waals surface area contributed by atoms with E-state index in [4.69, 9.17) is 23.9 Å². The molecule has 2 fully saturated rings. The molecule has 2 atom stereocenters. The van der Waals surface area contributed by atoms with E-state index in [0.29, 0.717) is 44.7 Å². The van der Waals surface area contributed by atoms with Crippen LogP contribution in [0.2, 0.25) is 0 Å². The van der Waals surface area contributed by atoms with Gasteiger partial charge in [-0.2, -0.15) is 0 Å². The number of ether oxygens (including phenoxy) is 4. The fraction of sp³-hybridized carbons (Fsp3) is 0.514. The SMILES string of the molecule is CCO[C@@H]1CN(c2nccc(-c3cccc(C)c3OCc3cc4c(c(OC)c3)CN(C3CCOCC3)CC4)n2)CC[C@@H]1C(=O)O. The Balaban J connectivity index is 1.20. The van der Waals surface area contributed by atoms with Gasteiger partial charge in [0.05, 0.1) is 24.8 Å². The molecule has 1 aromatic heterocycles. The molecule has 240 valence electrons. The smallest absolute Gasteiger partial charge is 0.309 e. The fourth-order valence-corrected chi connectivity index (χ4v) is 6.96. The molecular weight excluding hydrogens is 572 g/mol. The Kier molecular flexibility index (Phi) is 9.82. The molecule has 3 aliphatic heterocycles. The highest BCUT2D eigenvalue weighted by molar-refractivity contribution is 5.72. The summed E-state index contributed by atoms with van der Waals surface area (Å²) >= 11 is 0. The van der Waals surface area contributed by atoms with Crippen molar-refractivity contribution in [2.75, 3.05) is 51.5 Å². The van der Waals surface area contributed by atoms with Crippen molar-refractivity contribution in [2.45, 2.75) is 64.8 Å². The van der Waals surface area contributed by atoms with Crippen LogP contribution in [0, 0.1) is 12.8 Å². The number of para-hydroxylation sites is 1. The van der Waals surface area contributed by atoms with E-state index in [0.717, 1.165) is 79.4 Å². The minimum atomic E-state index is -0.821. The first-order valence-corrected chi connectivity index (χ1v) is 16.1. The maximum absolute atomic E-state index is 11.8. The molecule has 0 saturated carbocycles. The first-order chi connectivity index (χ1) is 21.9. The van der Waals surface area contributed by atoms with Crippen molar-refractivity contribution in [3.63, 3.8) is 0 Å². The Morgan fingerprint density at radius 1 is 1.13 bits per heavy atom. The molecule has 3 aromatic rings. The average molecular weight is 617 g/mol. The molecule has 2 aromatic carbocycles. The zero-order valence-corrected chi connectivity index (χ0v) is 26.5. The first-order valence-electron chi connectivity index (χ1n) is 16.1. The number of piperidine rings is 1. The number of aliphatic carboxylic acids is 1. The summed E-state index contributed by atoms with van der Waals surface area (Å²) in [6, 6.07) is 12.9. The summed E-state index contributed by atoms with van der Waals surface area (Å²) in [6.45, 7) is 9.41. The summed E-state index contributed by atoms with van der Waals surface area (Å²) in [5.41, 5.74) is 6.34. The van der Waals surface area contributed by atoms with Crippen molar-refractivity contribution in [1.29, 1.82) is 0 Å². The lowest BCUT2D eigenvalue weighted by Gasteiger charge is -2.38. The van der Waals surface area contributed by atoms with Gasteiger partial charge in [0.15, 0.2) is 0 Å². The van der Waals surface area contributed by atoms with E-state index >= 15 is 0 Å². The number of aryl methyl sites for hydroxylation is 1. The number of hydrogen-bond acceptors (Lipinski definition) is 9. The average Bonchev–Trinajstić information content (AvgIpc) is 3.07. The molecule has 0 unspecified atom stereocenters. The standard InChI is InChI=1S/C35H44N4O6/c1-4-44-32-21-39(15-10-28(32)34(40)41)35-36-13-8-30(37-35)27-7-5-6-23(2)33(27)45-22-24-18-25-9-14-38(26-11-16-43-17-12-26)20-29(25)31(19-24)42-3/h5-8,13,18-19,26,28,32H,4,9-12,14-17,20-22H2,1-3H3,(H,40,41)/t28-,32+/m0/s1. The molecule has 0 spiro atoms. The minimum absolute atomic E-state index is 0.405. The molecule has 6 rings (SSSR count). The van der Waals surface area contributed by atoms with E-state index in [1.807, 2.05) is 43.0 Å². The molecule has 45 heavy (non-hydrogen) atoms. The van der Waals surface area contributed by atoms with Gasteiger partial charge in [0.2, 0.25) is 5.95 Å². The van der Waals surface area contributed by atoms with E-state index in [1.54, 1.807) is 13.3 Å². The summed E-state index contributed by atoms with van der Waals surface area (Å²) in [5, 5.41) is 9.67. The molecular formula is C35H44N4O6. The molecule has 2 saturated heterocycles. The van der Waals surface area contributed by atoms with Crippen LogP contribution in [0.5, 0.6) is 11.5 Å². The van der Waals surface area contributed by atoms with Gasteiger partial charge in [-0.3, -0.25) is 9.69 Å². The van der Waals surface area contributed by atoms with Crippen molar-refractivity contribution in [3.05, 3.63) is 64.8 Å². The minimum Gasteiger partial charge on any atom is -0.496 e. The van der Waals surface area contributed by atoms with Crippen molar-refractivity contribution in [2.24, 2.45) is 5.92 Å². The monoisotopic (exact) mass is 616 g/mol. The van der Waals surface area contributed by atoms with Crippen molar-refractivity contribution >= 4 is 11.9 Å². The molecule has 0 amide bonds. The Labute approximate surface area is 265 Å². The van der Waals surface area contributed by atoms with E-state index in [-0.39, 0.29) is 0 Å². The summed E-state index contributed by atoms with van der Waals surface area (Å²) in [7, 11) is 1.75. The second-order valence-electron chi connectivity index (χ2n) is 12.2. The normalized spacial score (nSPS) is 20.9.